The summed E-state index contributed by atoms with van der Waals surface area (Å²) in [5, 5.41) is 12.2. The summed E-state index contributed by atoms with van der Waals surface area (Å²) in [5.41, 5.74) is 1.58. The molecular formula is C31H37NO7. The lowest BCUT2D eigenvalue weighted by molar-refractivity contribution is -0.141. The van der Waals surface area contributed by atoms with Crippen molar-refractivity contribution in [3.05, 3.63) is 83.1 Å². The van der Waals surface area contributed by atoms with Crippen LogP contribution in [0.3, 0.4) is 0 Å². The normalized spacial score (nSPS) is 13.5. The van der Waals surface area contributed by atoms with Crippen LogP contribution in [0.2, 0.25) is 0 Å². The van der Waals surface area contributed by atoms with E-state index in [4.69, 9.17) is 14.2 Å². The van der Waals surface area contributed by atoms with Crippen molar-refractivity contribution >= 4 is 17.8 Å². The molecule has 8 heteroatoms. The first-order valence-corrected chi connectivity index (χ1v) is 13.4. The first-order valence-electron chi connectivity index (χ1n) is 13.4. The van der Waals surface area contributed by atoms with Gasteiger partial charge in [0.2, 0.25) is 5.91 Å². The van der Waals surface area contributed by atoms with Crippen molar-refractivity contribution in [2.75, 3.05) is 13.7 Å². The van der Waals surface area contributed by atoms with Crippen molar-refractivity contribution in [2.24, 2.45) is 0 Å². The highest BCUT2D eigenvalue weighted by Crippen LogP contribution is 2.20. The number of amides is 1. The summed E-state index contributed by atoms with van der Waals surface area (Å²) >= 11 is 0. The number of rotatable bonds is 15. The number of ether oxygens (including phenoxy) is 3. The van der Waals surface area contributed by atoms with Gasteiger partial charge in [0.15, 0.2) is 0 Å². The Morgan fingerprint density at radius 3 is 2.21 bits per heavy atom. The minimum atomic E-state index is -1.13. The Balaban J connectivity index is 1.49. The van der Waals surface area contributed by atoms with Crippen LogP contribution in [-0.2, 0) is 20.7 Å². The SMILES string of the molecule is CCCCCCCOc1ccc(C(=O)Oc2ccc(CC(NC(=O)C3=CC=C(OC)CC3)C(=O)O)cc2)cc1. The van der Waals surface area contributed by atoms with Crippen molar-refractivity contribution in [1.29, 1.82) is 0 Å². The molecule has 8 nitrogen and oxygen atoms in total. The largest absolute Gasteiger partial charge is 0.501 e. The average molecular weight is 536 g/mol. The summed E-state index contributed by atoms with van der Waals surface area (Å²) in [6.07, 6.45) is 10.3. The minimum absolute atomic E-state index is 0.0851. The fraction of sp³-hybridized carbons (Fsp3) is 0.387. The van der Waals surface area contributed by atoms with Crippen LogP contribution >= 0.6 is 0 Å². The van der Waals surface area contributed by atoms with E-state index < -0.39 is 23.9 Å². The lowest BCUT2D eigenvalue weighted by atomic mass is 10.0. The van der Waals surface area contributed by atoms with E-state index in [9.17, 15) is 19.5 Å². The van der Waals surface area contributed by atoms with Gasteiger partial charge in [-0.2, -0.15) is 0 Å². The number of unbranched alkanes of at least 4 members (excludes halogenated alkanes) is 4. The third-order valence-electron chi connectivity index (χ3n) is 6.45. The quantitative estimate of drug-likeness (QED) is 0.173. The van der Waals surface area contributed by atoms with Gasteiger partial charge in [-0.3, -0.25) is 4.79 Å². The van der Waals surface area contributed by atoms with Crippen LogP contribution in [0.1, 0.15) is 67.8 Å². The predicted molar refractivity (Wildman–Crippen MR) is 148 cm³/mol. The Morgan fingerprint density at radius 1 is 0.897 bits per heavy atom. The van der Waals surface area contributed by atoms with E-state index in [0.29, 0.717) is 47.6 Å². The first-order chi connectivity index (χ1) is 18.9. The van der Waals surface area contributed by atoms with Crippen LogP contribution in [0.5, 0.6) is 11.5 Å². The zero-order chi connectivity index (χ0) is 28.0. The maximum Gasteiger partial charge on any atom is 0.343 e. The number of hydrogen-bond donors (Lipinski definition) is 2. The molecule has 208 valence electrons. The molecule has 1 aliphatic carbocycles. The first kappa shape index (κ1) is 29.5. The molecule has 0 radical (unpaired) electrons. The van der Waals surface area contributed by atoms with Crippen molar-refractivity contribution < 1.29 is 33.7 Å². The maximum atomic E-state index is 12.6. The smallest absolute Gasteiger partial charge is 0.343 e. The lowest BCUT2D eigenvalue weighted by Gasteiger charge is -2.18. The number of nitrogens with one attached hydrogen (secondary N) is 1. The Bertz CT molecular complexity index is 1170. The van der Waals surface area contributed by atoms with Gasteiger partial charge in [0.05, 0.1) is 25.0 Å². The van der Waals surface area contributed by atoms with Gasteiger partial charge < -0.3 is 24.6 Å². The summed E-state index contributed by atoms with van der Waals surface area (Å²) in [6, 6.07) is 12.3. The third kappa shape index (κ3) is 9.63. The summed E-state index contributed by atoms with van der Waals surface area (Å²) in [6.45, 7) is 2.84. The van der Waals surface area contributed by atoms with Crippen molar-refractivity contribution in [2.45, 2.75) is 64.3 Å². The van der Waals surface area contributed by atoms with E-state index in [0.717, 1.165) is 18.6 Å². The topological polar surface area (TPSA) is 111 Å². The van der Waals surface area contributed by atoms with Gasteiger partial charge in [-0.25, -0.2) is 9.59 Å². The molecule has 0 spiro atoms. The Hall–Kier alpha value is -4.07. The Labute approximate surface area is 229 Å². The number of benzene rings is 2. The van der Waals surface area contributed by atoms with E-state index in [1.807, 2.05) is 0 Å². The summed E-state index contributed by atoms with van der Waals surface area (Å²) in [4.78, 5) is 36.9. The molecule has 0 saturated heterocycles. The molecule has 0 saturated carbocycles. The fourth-order valence-corrected chi connectivity index (χ4v) is 4.11. The number of carboxylic acids is 1. The predicted octanol–water partition coefficient (Wildman–Crippen LogP) is 5.62. The van der Waals surface area contributed by atoms with Crippen LogP contribution in [0, 0.1) is 0 Å². The number of allylic oxidation sites excluding steroid dienone is 3. The molecule has 39 heavy (non-hydrogen) atoms. The van der Waals surface area contributed by atoms with Crippen LogP contribution in [0.4, 0.5) is 0 Å². The standard InChI is InChI=1S/C31H37NO7/c1-3-4-5-6-7-20-38-26-18-12-24(13-19-26)31(36)39-27-14-8-22(9-15-27)21-28(30(34)35)32-29(33)23-10-16-25(37-2)17-11-23/h8-10,12-16,18-19,28H,3-7,11,17,20-21H2,1-2H3,(H,32,33)(H,34,35). The van der Waals surface area contributed by atoms with Gasteiger partial charge in [-0.1, -0.05) is 50.8 Å². The zero-order valence-corrected chi connectivity index (χ0v) is 22.6. The monoisotopic (exact) mass is 535 g/mol. The van der Waals surface area contributed by atoms with Crippen molar-refractivity contribution in [3.63, 3.8) is 0 Å². The Morgan fingerprint density at radius 2 is 1.59 bits per heavy atom. The number of hydrogen-bond acceptors (Lipinski definition) is 6. The molecule has 1 amide bonds. The number of carbonyl (C=O) groups is 3. The molecule has 2 aromatic rings. The maximum absolute atomic E-state index is 12.6. The second kappa shape index (κ2) is 15.4. The minimum Gasteiger partial charge on any atom is -0.501 e. The molecule has 0 aliphatic heterocycles. The number of esters is 1. The van der Waals surface area contributed by atoms with Crippen LogP contribution < -0.4 is 14.8 Å². The molecule has 1 aliphatic rings. The zero-order valence-electron chi connectivity index (χ0n) is 22.6. The third-order valence-corrected chi connectivity index (χ3v) is 6.45. The molecule has 2 aromatic carbocycles. The summed E-state index contributed by atoms with van der Waals surface area (Å²) < 4.78 is 16.4. The van der Waals surface area contributed by atoms with Gasteiger partial charge in [-0.05, 0) is 60.9 Å². The molecular weight excluding hydrogens is 498 g/mol. The van der Waals surface area contributed by atoms with Crippen LogP contribution in [0.15, 0.2) is 72.0 Å². The molecule has 0 aromatic heterocycles. The van der Waals surface area contributed by atoms with Gasteiger partial charge in [0, 0.05) is 18.4 Å². The number of aliphatic carboxylic acids is 1. The van der Waals surface area contributed by atoms with Crippen LogP contribution in [-0.4, -0.2) is 42.7 Å². The van der Waals surface area contributed by atoms with Crippen molar-refractivity contribution in [1.82, 2.24) is 5.32 Å². The van der Waals surface area contributed by atoms with Crippen molar-refractivity contribution in [3.8, 4) is 11.5 Å². The highest BCUT2D eigenvalue weighted by atomic mass is 16.5. The van der Waals surface area contributed by atoms with Gasteiger partial charge in [0.25, 0.3) is 0 Å². The highest BCUT2D eigenvalue weighted by molar-refractivity contribution is 5.96. The van der Waals surface area contributed by atoms with Gasteiger partial charge >= 0.3 is 11.9 Å². The van der Waals surface area contributed by atoms with Crippen LogP contribution in [0.25, 0.3) is 0 Å². The molecule has 0 heterocycles. The number of methoxy groups -OCH3 is 1. The fourth-order valence-electron chi connectivity index (χ4n) is 4.11. The second-order valence-electron chi connectivity index (χ2n) is 9.42. The van der Waals surface area contributed by atoms with E-state index in [1.165, 1.54) is 19.3 Å². The molecule has 0 fully saturated rings. The second-order valence-corrected chi connectivity index (χ2v) is 9.42. The molecule has 1 atom stereocenters. The highest BCUT2D eigenvalue weighted by Gasteiger charge is 2.23. The van der Waals surface area contributed by atoms with E-state index in [2.05, 4.69) is 12.2 Å². The van der Waals surface area contributed by atoms with Gasteiger partial charge in [-0.15, -0.1) is 0 Å². The number of carbonyl (C=O) groups excluding carboxylic acids is 2. The Kier molecular flexibility index (Phi) is 11.6. The van der Waals surface area contributed by atoms with E-state index >= 15 is 0 Å². The molecule has 2 N–H and O–H groups in total. The lowest BCUT2D eigenvalue weighted by Crippen LogP contribution is -2.43. The van der Waals surface area contributed by atoms with Gasteiger partial charge in [0.1, 0.15) is 17.5 Å². The van der Waals surface area contributed by atoms with E-state index in [-0.39, 0.29) is 6.42 Å². The summed E-state index contributed by atoms with van der Waals surface area (Å²) in [5.74, 6) is -0.231. The summed E-state index contributed by atoms with van der Waals surface area (Å²) in [7, 11) is 1.57. The van der Waals surface area contributed by atoms with E-state index in [1.54, 1.807) is 67.8 Å². The molecule has 0 bridgehead atoms. The molecule has 3 rings (SSSR count). The molecule has 1 unspecified atom stereocenters. The number of carboxylic acid groups (broad SMARTS) is 1. The average Bonchev–Trinajstić information content (AvgIpc) is 2.95.